The Hall–Kier alpha value is -1.11. The summed E-state index contributed by atoms with van der Waals surface area (Å²) in [7, 11) is 0. The summed E-state index contributed by atoms with van der Waals surface area (Å²) in [6.07, 6.45) is 0. The molecule has 1 aromatic carbocycles. The zero-order valence-corrected chi connectivity index (χ0v) is 11.3. The minimum absolute atomic E-state index is 0.0293. The van der Waals surface area contributed by atoms with Gasteiger partial charge >= 0.3 is 0 Å². The smallest absolute Gasteiger partial charge is 0.0527 e. The molecule has 0 saturated heterocycles. The summed E-state index contributed by atoms with van der Waals surface area (Å²) < 4.78 is 0. The second-order valence-corrected chi connectivity index (χ2v) is 6.25. The van der Waals surface area contributed by atoms with Crippen LogP contribution < -0.4 is 0 Å². The molecule has 0 bridgehead atoms. The highest BCUT2D eigenvalue weighted by atomic mass is 14.8. The molecule has 1 heteroatoms. The first-order valence-electron chi connectivity index (χ1n) is 5.86. The topological polar surface area (TPSA) is 12.4 Å². The molecular weight excluding hydrogens is 194 g/mol. The van der Waals surface area contributed by atoms with E-state index in [1.807, 2.05) is 6.07 Å². The van der Waals surface area contributed by atoms with Crippen molar-refractivity contribution in [3.05, 3.63) is 35.9 Å². The predicted molar refractivity (Wildman–Crippen MR) is 72.2 cm³/mol. The minimum Gasteiger partial charge on any atom is -0.283 e. The van der Waals surface area contributed by atoms with Crippen molar-refractivity contribution in [1.82, 2.24) is 0 Å². The van der Waals surface area contributed by atoms with Gasteiger partial charge in [-0.3, -0.25) is 4.99 Å². The highest BCUT2D eigenvalue weighted by Gasteiger charge is 2.22. The third-order valence-electron chi connectivity index (χ3n) is 2.20. The second-order valence-electron chi connectivity index (χ2n) is 6.25. The van der Waals surface area contributed by atoms with Crippen LogP contribution in [0.4, 0.5) is 0 Å². The molecule has 0 N–H and O–H groups in total. The van der Waals surface area contributed by atoms with Crippen LogP contribution in [0.5, 0.6) is 0 Å². The molecule has 1 aromatic rings. The van der Waals surface area contributed by atoms with Crippen molar-refractivity contribution in [3.63, 3.8) is 0 Å². The Morgan fingerprint density at radius 2 is 1.38 bits per heavy atom. The molecule has 1 nitrogen and oxygen atoms in total. The number of benzene rings is 1. The van der Waals surface area contributed by atoms with E-state index in [2.05, 4.69) is 65.8 Å². The van der Waals surface area contributed by atoms with Crippen molar-refractivity contribution in [2.45, 2.75) is 47.1 Å². The highest BCUT2D eigenvalue weighted by Crippen LogP contribution is 2.24. The minimum atomic E-state index is -0.0293. The van der Waals surface area contributed by atoms with Crippen LogP contribution in [0, 0.1) is 5.41 Å². The fourth-order valence-electron chi connectivity index (χ4n) is 1.60. The van der Waals surface area contributed by atoms with Gasteiger partial charge in [-0.15, -0.1) is 0 Å². The first kappa shape index (κ1) is 13.0. The Labute approximate surface area is 99.6 Å². The van der Waals surface area contributed by atoms with Crippen LogP contribution in [-0.2, 0) is 0 Å². The van der Waals surface area contributed by atoms with Gasteiger partial charge in [-0.2, -0.15) is 0 Å². The first-order valence-corrected chi connectivity index (χ1v) is 5.86. The summed E-state index contributed by atoms with van der Waals surface area (Å²) >= 11 is 0. The molecule has 0 aliphatic heterocycles. The Morgan fingerprint density at radius 1 is 0.875 bits per heavy atom. The number of hydrogen-bond donors (Lipinski definition) is 0. The second kappa shape index (κ2) is 4.40. The SMILES string of the molecule is CC(C)(C)N=C(c1ccccc1)C(C)(C)C. The number of aliphatic imine (C=N–C) groups is 1. The van der Waals surface area contributed by atoms with E-state index in [4.69, 9.17) is 4.99 Å². The molecule has 88 valence electrons. The lowest BCUT2D eigenvalue weighted by molar-refractivity contribution is 0.541. The molecular formula is C15H23N. The summed E-state index contributed by atoms with van der Waals surface area (Å²) in [5, 5.41) is 0. The van der Waals surface area contributed by atoms with Gasteiger partial charge in [0.25, 0.3) is 0 Å². The maximum Gasteiger partial charge on any atom is 0.0527 e. The van der Waals surface area contributed by atoms with Gasteiger partial charge in [0, 0.05) is 11.1 Å². The van der Waals surface area contributed by atoms with Crippen LogP contribution in [0.25, 0.3) is 0 Å². The molecule has 1 rings (SSSR count). The zero-order valence-electron chi connectivity index (χ0n) is 11.3. The van der Waals surface area contributed by atoms with Gasteiger partial charge in [-0.05, 0) is 26.3 Å². The molecule has 0 fully saturated rings. The Kier molecular flexibility index (Phi) is 3.57. The van der Waals surface area contributed by atoms with Crippen LogP contribution in [-0.4, -0.2) is 11.3 Å². The van der Waals surface area contributed by atoms with Gasteiger partial charge in [-0.25, -0.2) is 0 Å². The molecule has 0 heterocycles. The number of hydrogen-bond acceptors (Lipinski definition) is 1. The maximum absolute atomic E-state index is 4.87. The Bertz CT molecular complexity index is 361. The highest BCUT2D eigenvalue weighted by molar-refractivity contribution is 6.04. The van der Waals surface area contributed by atoms with E-state index >= 15 is 0 Å². The summed E-state index contributed by atoms with van der Waals surface area (Å²) in [4.78, 5) is 4.87. The molecule has 0 atom stereocenters. The molecule has 0 aliphatic carbocycles. The monoisotopic (exact) mass is 217 g/mol. The summed E-state index contributed by atoms with van der Waals surface area (Å²) in [5.41, 5.74) is 2.46. The lowest BCUT2D eigenvalue weighted by Crippen LogP contribution is -2.26. The average molecular weight is 217 g/mol. The van der Waals surface area contributed by atoms with Gasteiger partial charge in [0.05, 0.1) is 5.54 Å². The van der Waals surface area contributed by atoms with E-state index in [0.29, 0.717) is 0 Å². The van der Waals surface area contributed by atoms with E-state index in [1.54, 1.807) is 0 Å². The van der Waals surface area contributed by atoms with E-state index in [0.717, 1.165) is 0 Å². The van der Waals surface area contributed by atoms with Crippen molar-refractivity contribution < 1.29 is 0 Å². The van der Waals surface area contributed by atoms with Crippen molar-refractivity contribution in [2.24, 2.45) is 10.4 Å². The molecule has 0 aliphatic rings. The zero-order chi connectivity index (χ0) is 12.4. The first-order chi connectivity index (χ1) is 7.20. The van der Waals surface area contributed by atoms with E-state index < -0.39 is 0 Å². The lowest BCUT2D eigenvalue weighted by atomic mass is 9.85. The van der Waals surface area contributed by atoms with Gasteiger partial charge in [0.1, 0.15) is 0 Å². The standard InChI is InChI=1S/C15H23N/c1-14(2,3)13(16-15(4,5)6)12-10-8-7-9-11-12/h7-11H,1-6H3. The van der Waals surface area contributed by atoms with Crippen LogP contribution in [0.1, 0.15) is 47.1 Å². The lowest BCUT2D eigenvalue weighted by Gasteiger charge is -2.26. The van der Waals surface area contributed by atoms with Crippen LogP contribution in [0.2, 0.25) is 0 Å². The van der Waals surface area contributed by atoms with Gasteiger partial charge < -0.3 is 0 Å². The van der Waals surface area contributed by atoms with Gasteiger partial charge in [0.15, 0.2) is 0 Å². The van der Waals surface area contributed by atoms with Gasteiger partial charge in [-0.1, -0.05) is 51.1 Å². The Balaban J connectivity index is 3.24. The van der Waals surface area contributed by atoms with Crippen molar-refractivity contribution in [3.8, 4) is 0 Å². The fourth-order valence-corrected chi connectivity index (χ4v) is 1.60. The van der Waals surface area contributed by atoms with E-state index in [9.17, 15) is 0 Å². The van der Waals surface area contributed by atoms with Crippen molar-refractivity contribution in [2.75, 3.05) is 0 Å². The quantitative estimate of drug-likeness (QED) is 0.621. The molecule has 0 saturated carbocycles. The average Bonchev–Trinajstić information content (AvgIpc) is 2.13. The molecule has 0 amide bonds. The van der Waals surface area contributed by atoms with Crippen LogP contribution in [0.15, 0.2) is 35.3 Å². The predicted octanol–water partition coefficient (Wildman–Crippen LogP) is 4.32. The number of rotatable bonds is 1. The third-order valence-corrected chi connectivity index (χ3v) is 2.20. The van der Waals surface area contributed by atoms with Crippen molar-refractivity contribution in [1.29, 1.82) is 0 Å². The Morgan fingerprint density at radius 3 is 1.75 bits per heavy atom. The maximum atomic E-state index is 4.87. The summed E-state index contributed by atoms with van der Waals surface area (Å²) in [5.74, 6) is 0. The summed E-state index contributed by atoms with van der Waals surface area (Å²) in [6.45, 7) is 13.1. The molecule has 0 aromatic heterocycles. The number of nitrogens with zero attached hydrogens (tertiary/aromatic N) is 1. The fraction of sp³-hybridized carbons (Fsp3) is 0.533. The molecule has 16 heavy (non-hydrogen) atoms. The summed E-state index contributed by atoms with van der Waals surface area (Å²) in [6, 6.07) is 10.4. The molecule has 0 unspecified atom stereocenters. The molecule has 0 radical (unpaired) electrons. The van der Waals surface area contributed by atoms with Crippen LogP contribution in [0.3, 0.4) is 0 Å². The third kappa shape index (κ3) is 3.80. The van der Waals surface area contributed by atoms with E-state index in [1.165, 1.54) is 11.3 Å². The largest absolute Gasteiger partial charge is 0.283 e. The molecule has 0 spiro atoms. The van der Waals surface area contributed by atoms with Crippen LogP contribution >= 0.6 is 0 Å². The van der Waals surface area contributed by atoms with Gasteiger partial charge in [0.2, 0.25) is 0 Å². The van der Waals surface area contributed by atoms with Crippen molar-refractivity contribution >= 4 is 5.71 Å². The van der Waals surface area contributed by atoms with E-state index in [-0.39, 0.29) is 11.0 Å². The normalized spacial score (nSPS) is 14.0.